The minimum atomic E-state index is -0.341. The maximum Gasteiger partial charge on any atom is 0.324 e. The van der Waals surface area contributed by atoms with Crippen molar-refractivity contribution in [1.29, 1.82) is 0 Å². The molecule has 2 aliphatic heterocycles. The quantitative estimate of drug-likeness (QED) is 0.362. The van der Waals surface area contributed by atoms with E-state index in [2.05, 4.69) is 25.8 Å². The first-order chi connectivity index (χ1) is 12.7. The summed E-state index contributed by atoms with van der Waals surface area (Å²) in [6.07, 6.45) is 4.11. The number of nitrogens with zero attached hydrogens (tertiary/aromatic N) is 3. The Morgan fingerprint density at radius 3 is 2.77 bits per heavy atom. The maximum absolute atomic E-state index is 11.6. The second-order valence-electron chi connectivity index (χ2n) is 6.36. The van der Waals surface area contributed by atoms with Gasteiger partial charge in [0.2, 0.25) is 5.91 Å². The number of carbonyl (C=O) groups is 2. The van der Waals surface area contributed by atoms with Gasteiger partial charge in [0.05, 0.1) is 18.8 Å². The molecule has 142 valence electrons. The fourth-order valence-electron chi connectivity index (χ4n) is 3.33. The SMILES string of the molecule is CN=C(NCCN1C(=O)CNC1=O)NCC(c1ccco1)N1CCCC1. The summed E-state index contributed by atoms with van der Waals surface area (Å²) in [6.45, 7) is 3.60. The van der Waals surface area contributed by atoms with Gasteiger partial charge in [-0.25, -0.2) is 4.79 Å². The molecule has 3 heterocycles. The maximum atomic E-state index is 11.6. The summed E-state index contributed by atoms with van der Waals surface area (Å²) in [5.74, 6) is 1.37. The van der Waals surface area contributed by atoms with E-state index in [4.69, 9.17) is 4.42 Å². The number of amides is 3. The van der Waals surface area contributed by atoms with Gasteiger partial charge in [-0.05, 0) is 38.1 Å². The molecule has 3 N–H and O–H groups in total. The van der Waals surface area contributed by atoms with Crippen molar-refractivity contribution in [3.8, 4) is 0 Å². The average molecular weight is 362 g/mol. The van der Waals surface area contributed by atoms with Crippen LogP contribution < -0.4 is 16.0 Å². The Hall–Kier alpha value is -2.55. The largest absolute Gasteiger partial charge is 0.468 e. The molecule has 2 aliphatic rings. The molecule has 0 aliphatic carbocycles. The summed E-state index contributed by atoms with van der Waals surface area (Å²) in [7, 11) is 1.70. The molecule has 3 amide bonds. The van der Waals surface area contributed by atoms with E-state index in [-0.39, 0.29) is 24.5 Å². The van der Waals surface area contributed by atoms with Crippen LogP contribution in [0.5, 0.6) is 0 Å². The molecule has 0 saturated carbocycles. The molecule has 0 aromatic carbocycles. The number of imide groups is 1. The Morgan fingerprint density at radius 2 is 2.15 bits per heavy atom. The van der Waals surface area contributed by atoms with E-state index >= 15 is 0 Å². The Labute approximate surface area is 152 Å². The van der Waals surface area contributed by atoms with Gasteiger partial charge in [-0.2, -0.15) is 0 Å². The molecule has 9 nitrogen and oxygen atoms in total. The zero-order valence-electron chi connectivity index (χ0n) is 15.0. The van der Waals surface area contributed by atoms with Gasteiger partial charge in [0.1, 0.15) is 5.76 Å². The van der Waals surface area contributed by atoms with Crippen LogP contribution in [0.2, 0.25) is 0 Å². The number of nitrogens with one attached hydrogen (secondary N) is 3. The summed E-state index contributed by atoms with van der Waals surface area (Å²) in [4.78, 5) is 30.9. The highest BCUT2D eigenvalue weighted by atomic mass is 16.3. The van der Waals surface area contributed by atoms with Crippen molar-refractivity contribution in [3.05, 3.63) is 24.2 Å². The van der Waals surface area contributed by atoms with Crippen molar-refractivity contribution in [2.45, 2.75) is 18.9 Å². The lowest BCUT2D eigenvalue weighted by atomic mass is 10.2. The van der Waals surface area contributed by atoms with Crippen LogP contribution in [0, 0.1) is 0 Å². The third-order valence-electron chi connectivity index (χ3n) is 4.70. The van der Waals surface area contributed by atoms with Crippen LogP contribution in [0.1, 0.15) is 24.6 Å². The third-order valence-corrected chi connectivity index (χ3v) is 4.70. The minimum absolute atomic E-state index is 0.0759. The van der Waals surface area contributed by atoms with Crippen LogP contribution in [-0.2, 0) is 4.79 Å². The number of rotatable bonds is 7. The van der Waals surface area contributed by atoms with Gasteiger partial charge < -0.3 is 20.4 Å². The number of guanidine groups is 1. The van der Waals surface area contributed by atoms with Crippen molar-refractivity contribution < 1.29 is 14.0 Å². The summed E-state index contributed by atoms with van der Waals surface area (Å²) in [5, 5.41) is 8.97. The highest BCUT2D eigenvalue weighted by Gasteiger charge is 2.28. The lowest BCUT2D eigenvalue weighted by Crippen LogP contribution is -2.45. The molecule has 0 spiro atoms. The molecule has 3 rings (SSSR count). The fraction of sp³-hybridized carbons (Fsp3) is 0.588. The normalized spacial score (nSPS) is 19.7. The fourth-order valence-corrected chi connectivity index (χ4v) is 3.33. The molecule has 1 atom stereocenters. The molecule has 1 unspecified atom stereocenters. The van der Waals surface area contributed by atoms with Crippen molar-refractivity contribution >= 4 is 17.9 Å². The van der Waals surface area contributed by atoms with Crippen LogP contribution in [0.3, 0.4) is 0 Å². The molecule has 0 radical (unpaired) electrons. The van der Waals surface area contributed by atoms with Gasteiger partial charge >= 0.3 is 6.03 Å². The van der Waals surface area contributed by atoms with Crippen molar-refractivity contribution in [2.75, 3.05) is 46.3 Å². The van der Waals surface area contributed by atoms with Crippen LogP contribution in [0.15, 0.2) is 27.8 Å². The van der Waals surface area contributed by atoms with Crippen molar-refractivity contribution in [2.24, 2.45) is 4.99 Å². The van der Waals surface area contributed by atoms with Gasteiger partial charge in [0.15, 0.2) is 5.96 Å². The molecule has 9 heteroatoms. The lowest BCUT2D eigenvalue weighted by molar-refractivity contribution is -0.124. The zero-order valence-corrected chi connectivity index (χ0v) is 15.0. The van der Waals surface area contributed by atoms with E-state index in [9.17, 15) is 9.59 Å². The highest BCUT2D eigenvalue weighted by molar-refractivity contribution is 6.01. The first-order valence-electron chi connectivity index (χ1n) is 8.99. The molecule has 1 aromatic heterocycles. The third kappa shape index (κ3) is 4.34. The topological polar surface area (TPSA) is 102 Å². The number of furan rings is 1. The smallest absolute Gasteiger partial charge is 0.324 e. The number of hydrogen-bond acceptors (Lipinski definition) is 5. The number of urea groups is 1. The highest BCUT2D eigenvalue weighted by Crippen LogP contribution is 2.24. The standard InChI is InChI=1S/C17H26N6O3/c1-18-16(19-6-9-23-15(24)12-21-17(23)25)20-11-13(14-5-4-10-26-14)22-7-2-3-8-22/h4-5,10,13H,2-3,6-9,11-12H2,1H3,(H,21,25)(H2,18,19,20). The van der Waals surface area contributed by atoms with E-state index in [1.54, 1.807) is 13.3 Å². The second-order valence-corrected chi connectivity index (χ2v) is 6.36. The molecule has 26 heavy (non-hydrogen) atoms. The molecular weight excluding hydrogens is 336 g/mol. The van der Waals surface area contributed by atoms with E-state index in [1.807, 2.05) is 12.1 Å². The number of carbonyl (C=O) groups excluding carboxylic acids is 2. The Morgan fingerprint density at radius 1 is 1.35 bits per heavy atom. The Bertz CT molecular complexity index is 623. The van der Waals surface area contributed by atoms with Crippen LogP contribution in [0.25, 0.3) is 0 Å². The van der Waals surface area contributed by atoms with Gasteiger partial charge in [0, 0.05) is 26.7 Å². The molecule has 2 saturated heterocycles. The van der Waals surface area contributed by atoms with E-state index in [0.29, 0.717) is 25.6 Å². The molecule has 0 bridgehead atoms. The summed E-state index contributed by atoms with van der Waals surface area (Å²) < 4.78 is 5.62. The predicted octanol–water partition coefficient (Wildman–Crippen LogP) is 0.133. The molecular formula is C17H26N6O3. The summed E-state index contributed by atoms with van der Waals surface area (Å²) >= 11 is 0. The first-order valence-corrected chi connectivity index (χ1v) is 8.99. The van der Waals surface area contributed by atoms with Crippen LogP contribution >= 0.6 is 0 Å². The van der Waals surface area contributed by atoms with Gasteiger partial charge in [-0.15, -0.1) is 0 Å². The predicted molar refractivity (Wildman–Crippen MR) is 96.7 cm³/mol. The minimum Gasteiger partial charge on any atom is -0.468 e. The van der Waals surface area contributed by atoms with Crippen LogP contribution in [-0.4, -0.2) is 74.0 Å². The first kappa shape index (κ1) is 18.2. The van der Waals surface area contributed by atoms with E-state index in [0.717, 1.165) is 18.8 Å². The zero-order chi connectivity index (χ0) is 18.4. The van der Waals surface area contributed by atoms with Gasteiger partial charge in [0.25, 0.3) is 0 Å². The number of likely N-dealkylation sites (tertiary alicyclic amines) is 1. The average Bonchev–Trinajstić information content (AvgIpc) is 3.39. The van der Waals surface area contributed by atoms with E-state index in [1.165, 1.54) is 17.7 Å². The summed E-state index contributed by atoms with van der Waals surface area (Å²) in [6, 6.07) is 3.71. The number of hydrogen-bond donors (Lipinski definition) is 3. The Balaban J connectivity index is 1.49. The number of aliphatic imine (C=N–C) groups is 1. The van der Waals surface area contributed by atoms with Gasteiger partial charge in [-0.1, -0.05) is 0 Å². The lowest BCUT2D eigenvalue weighted by Gasteiger charge is -2.26. The second kappa shape index (κ2) is 8.70. The molecule has 2 fully saturated rings. The van der Waals surface area contributed by atoms with Crippen molar-refractivity contribution in [3.63, 3.8) is 0 Å². The molecule has 1 aromatic rings. The van der Waals surface area contributed by atoms with E-state index < -0.39 is 0 Å². The van der Waals surface area contributed by atoms with Crippen molar-refractivity contribution in [1.82, 2.24) is 25.8 Å². The monoisotopic (exact) mass is 362 g/mol. The Kier molecular flexibility index (Phi) is 6.11. The summed E-state index contributed by atoms with van der Waals surface area (Å²) in [5.41, 5.74) is 0. The van der Waals surface area contributed by atoms with Crippen LogP contribution in [0.4, 0.5) is 4.79 Å². The van der Waals surface area contributed by atoms with Gasteiger partial charge in [-0.3, -0.25) is 19.6 Å².